The third-order valence-electron chi connectivity index (χ3n) is 5.39. The van der Waals surface area contributed by atoms with Crippen LogP contribution in [0.5, 0.6) is 0 Å². The number of halogens is 4. The van der Waals surface area contributed by atoms with E-state index in [4.69, 9.17) is 0 Å². The van der Waals surface area contributed by atoms with Gasteiger partial charge in [0.25, 0.3) is 0 Å². The Morgan fingerprint density at radius 1 is 1.00 bits per heavy atom. The summed E-state index contributed by atoms with van der Waals surface area (Å²) in [5, 5.41) is 0. The monoisotopic (exact) mass is 426 g/mol. The van der Waals surface area contributed by atoms with Crippen LogP contribution in [0.3, 0.4) is 0 Å². The smallest absolute Gasteiger partial charge is 0.326 e. The van der Waals surface area contributed by atoms with E-state index in [9.17, 15) is 18.0 Å². The average Bonchev–Trinajstić information content (AvgIpc) is 3.03. The zero-order valence-electron chi connectivity index (χ0n) is 15.9. The van der Waals surface area contributed by atoms with Gasteiger partial charge in [-0.05, 0) is 19.1 Å². The number of nitrogens with zero attached hydrogens (tertiary/aromatic N) is 3. The van der Waals surface area contributed by atoms with Gasteiger partial charge in [0.1, 0.15) is 0 Å². The lowest BCUT2D eigenvalue weighted by Gasteiger charge is -2.36. The maximum atomic E-state index is 14.3. The van der Waals surface area contributed by atoms with Gasteiger partial charge in [0.2, 0.25) is 0 Å². The quantitative estimate of drug-likeness (QED) is 0.651. The van der Waals surface area contributed by atoms with E-state index >= 15 is 0 Å². The summed E-state index contributed by atoms with van der Waals surface area (Å²) in [6.07, 6.45) is 0. The number of hydrogen-bond donors (Lipinski definition) is 1. The second-order valence-corrected chi connectivity index (χ2v) is 7.06. The van der Waals surface area contributed by atoms with Crippen LogP contribution >= 0.6 is 12.4 Å². The lowest BCUT2D eigenvalue weighted by molar-refractivity contribution is 0.247. The Hall–Kier alpha value is -2.45. The van der Waals surface area contributed by atoms with Gasteiger partial charge in [-0.25, -0.2) is 18.0 Å². The lowest BCUT2D eigenvalue weighted by Crippen LogP contribution is -2.47. The molecule has 0 atom stereocenters. The normalized spacial score (nSPS) is 15.0. The van der Waals surface area contributed by atoms with Crippen LogP contribution in [-0.2, 0) is 6.54 Å². The minimum atomic E-state index is -1.14. The van der Waals surface area contributed by atoms with E-state index in [1.54, 1.807) is 9.47 Å². The Bertz CT molecular complexity index is 1070. The van der Waals surface area contributed by atoms with Gasteiger partial charge in [-0.15, -0.1) is 12.4 Å². The van der Waals surface area contributed by atoms with Crippen molar-refractivity contribution < 1.29 is 13.2 Å². The van der Waals surface area contributed by atoms with Gasteiger partial charge in [0.05, 0.1) is 16.7 Å². The molecule has 156 valence electrons. The zero-order valence-corrected chi connectivity index (χ0v) is 16.7. The predicted octanol–water partition coefficient (Wildman–Crippen LogP) is 3.30. The van der Waals surface area contributed by atoms with Crippen molar-refractivity contribution >= 4 is 29.1 Å². The molecular weight excluding hydrogens is 405 g/mol. The van der Waals surface area contributed by atoms with E-state index in [1.165, 1.54) is 6.92 Å². The summed E-state index contributed by atoms with van der Waals surface area (Å²) in [5.74, 6) is -2.88. The summed E-state index contributed by atoms with van der Waals surface area (Å²) in [7, 11) is 0. The van der Waals surface area contributed by atoms with Crippen molar-refractivity contribution in [1.82, 2.24) is 14.5 Å². The summed E-state index contributed by atoms with van der Waals surface area (Å²) < 4.78 is 43.2. The van der Waals surface area contributed by atoms with Crippen LogP contribution < -0.4 is 10.6 Å². The Morgan fingerprint density at radius 3 is 2.41 bits per heavy atom. The maximum absolute atomic E-state index is 14.3. The molecule has 1 aromatic heterocycles. The van der Waals surface area contributed by atoms with Gasteiger partial charge in [0, 0.05) is 50.9 Å². The topological polar surface area (TPSA) is 44.3 Å². The van der Waals surface area contributed by atoms with Crippen molar-refractivity contribution in [2.45, 2.75) is 13.5 Å². The van der Waals surface area contributed by atoms with E-state index in [2.05, 4.69) is 9.88 Å². The van der Waals surface area contributed by atoms with Crippen molar-refractivity contribution in [2.75, 3.05) is 37.6 Å². The molecule has 0 amide bonds. The highest BCUT2D eigenvalue weighted by Gasteiger charge is 2.23. The van der Waals surface area contributed by atoms with E-state index in [-0.39, 0.29) is 29.3 Å². The fraction of sp³-hybridized carbons (Fsp3) is 0.350. The number of imidazole rings is 1. The molecule has 0 bridgehead atoms. The standard InChI is InChI=1S/C20H21F3N4O.ClH/c1-13-18(22)14(21)12-17(19(13)23)26-9-6-25(7-10-26)8-11-27-16-5-3-2-4-15(16)24-20(27)28;/h2-5,12H,6-11H2,1H3,(H,24,28);1H. The molecule has 3 aromatic rings. The second-order valence-electron chi connectivity index (χ2n) is 7.06. The van der Waals surface area contributed by atoms with Gasteiger partial charge in [-0.2, -0.15) is 0 Å². The first kappa shape index (κ1) is 21.3. The first-order valence-corrected chi connectivity index (χ1v) is 9.24. The molecule has 1 aliphatic heterocycles. The molecule has 29 heavy (non-hydrogen) atoms. The minimum absolute atomic E-state index is 0. The van der Waals surface area contributed by atoms with Gasteiger partial charge in [0.15, 0.2) is 17.5 Å². The molecule has 4 rings (SSSR count). The molecule has 0 spiro atoms. The summed E-state index contributed by atoms with van der Waals surface area (Å²) in [6, 6.07) is 8.47. The van der Waals surface area contributed by atoms with Crippen LogP contribution in [0.4, 0.5) is 18.9 Å². The fourth-order valence-electron chi connectivity index (χ4n) is 3.73. The van der Waals surface area contributed by atoms with Crippen molar-refractivity contribution in [2.24, 2.45) is 0 Å². The van der Waals surface area contributed by atoms with Crippen LogP contribution in [0, 0.1) is 24.4 Å². The molecule has 2 aromatic carbocycles. The number of fused-ring (bicyclic) bond motifs is 1. The number of rotatable bonds is 4. The number of hydrogen-bond acceptors (Lipinski definition) is 3. The molecule has 1 saturated heterocycles. The van der Waals surface area contributed by atoms with Crippen molar-refractivity contribution in [3.63, 3.8) is 0 Å². The summed E-state index contributed by atoms with van der Waals surface area (Å²) in [6.45, 7) is 4.76. The highest BCUT2D eigenvalue weighted by molar-refractivity contribution is 5.85. The van der Waals surface area contributed by atoms with Crippen LogP contribution in [0.1, 0.15) is 5.56 Å². The van der Waals surface area contributed by atoms with Gasteiger partial charge in [-0.3, -0.25) is 9.47 Å². The second kappa shape index (κ2) is 8.51. The number of aromatic nitrogens is 2. The fourth-order valence-corrected chi connectivity index (χ4v) is 3.73. The van der Waals surface area contributed by atoms with Crippen molar-refractivity contribution in [3.05, 3.63) is 63.8 Å². The van der Waals surface area contributed by atoms with Crippen LogP contribution in [-0.4, -0.2) is 47.2 Å². The number of nitrogens with one attached hydrogen (secondary N) is 1. The molecule has 0 aliphatic carbocycles. The Labute approximate surface area is 172 Å². The lowest BCUT2D eigenvalue weighted by atomic mass is 10.1. The number of benzene rings is 2. The third-order valence-corrected chi connectivity index (χ3v) is 5.39. The molecule has 2 heterocycles. The number of anilines is 1. The van der Waals surface area contributed by atoms with Crippen LogP contribution in [0.15, 0.2) is 35.1 Å². The molecule has 1 fully saturated rings. The summed E-state index contributed by atoms with van der Waals surface area (Å²) in [5.41, 5.74) is 1.34. The number of para-hydroxylation sites is 2. The molecule has 0 saturated carbocycles. The average molecular weight is 427 g/mol. The number of piperazine rings is 1. The van der Waals surface area contributed by atoms with E-state index in [0.29, 0.717) is 39.3 Å². The molecule has 0 radical (unpaired) electrons. The molecule has 9 heteroatoms. The van der Waals surface area contributed by atoms with Crippen LogP contribution in [0.25, 0.3) is 11.0 Å². The summed E-state index contributed by atoms with van der Waals surface area (Å²) in [4.78, 5) is 18.9. The molecule has 5 nitrogen and oxygen atoms in total. The van der Waals surface area contributed by atoms with Crippen molar-refractivity contribution in [1.29, 1.82) is 0 Å². The van der Waals surface area contributed by atoms with E-state index < -0.39 is 17.5 Å². The summed E-state index contributed by atoms with van der Waals surface area (Å²) >= 11 is 0. The zero-order chi connectivity index (χ0) is 19.8. The minimum Gasteiger partial charge on any atom is -0.367 e. The van der Waals surface area contributed by atoms with Gasteiger partial charge in [-0.1, -0.05) is 12.1 Å². The Morgan fingerprint density at radius 2 is 1.69 bits per heavy atom. The first-order valence-electron chi connectivity index (χ1n) is 9.24. The predicted molar refractivity (Wildman–Crippen MR) is 110 cm³/mol. The number of aromatic amines is 1. The highest BCUT2D eigenvalue weighted by atomic mass is 35.5. The first-order chi connectivity index (χ1) is 13.5. The van der Waals surface area contributed by atoms with E-state index in [1.807, 2.05) is 24.3 Å². The SMILES string of the molecule is Cc1c(F)c(F)cc(N2CCN(CCn3c(=O)[nH]c4ccccc43)CC2)c1F.Cl. The molecule has 0 unspecified atom stereocenters. The molecule has 1 aliphatic rings. The largest absolute Gasteiger partial charge is 0.367 e. The van der Waals surface area contributed by atoms with Crippen LogP contribution in [0.2, 0.25) is 0 Å². The number of H-pyrrole nitrogens is 1. The molecule has 1 N–H and O–H groups in total. The Kier molecular flexibility index (Phi) is 6.24. The maximum Gasteiger partial charge on any atom is 0.326 e. The molecular formula is C20H22ClF3N4O. The van der Waals surface area contributed by atoms with Crippen molar-refractivity contribution in [3.8, 4) is 0 Å². The third kappa shape index (κ3) is 4.00. The van der Waals surface area contributed by atoms with Gasteiger partial charge < -0.3 is 9.88 Å². The van der Waals surface area contributed by atoms with Gasteiger partial charge >= 0.3 is 5.69 Å². The highest BCUT2D eigenvalue weighted by Crippen LogP contribution is 2.27. The van der Waals surface area contributed by atoms with E-state index in [0.717, 1.165) is 17.1 Å². The Balaban J connectivity index is 0.00000240.